The maximum absolute atomic E-state index is 7.72. The highest BCUT2D eigenvalue weighted by Gasteiger charge is 2.42. The number of aromatic nitrogens is 4. The Labute approximate surface area is 476 Å². The molecule has 4 aromatic carbocycles. The zero-order valence-corrected chi connectivity index (χ0v) is 47.0. The highest BCUT2D eigenvalue weighted by atomic mass is 14.9. The van der Waals surface area contributed by atoms with Gasteiger partial charge in [0, 0.05) is 83.5 Å². The minimum Gasteiger partial charge on any atom is -0.205 e. The molecule has 0 amide bonds. The smallest absolute Gasteiger partial charge is 0.185 e. The van der Waals surface area contributed by atoms with Crippen molar-refractivity contribution in [3.63, 3.8) is 0 Å². The second kappa shape index (κ2) is 23.6. The lowest BCUT2D eigenvalue weighted by Gasteiger charge is -2.22. The molecule has 0 bridgehead atoms. The van der Waals surface area contributed by atoms with Crippen molar-refractivity contribution in [1.29, 1.82) is 0 Å². The van der Waals surface area contributed by atoms with E-state index in [4.69, 9.17) is 12.3 Å². The molecule has 5 aliphatic carbocycles. The van der Waals surface area contributed by atoms with Gasteiger partial charge in [-0.2, -0.15) is 0 Å². The lowest BCUT2D eigenvalue weighted by molar-refractivity contribution is -0.679. The SMILES string of the molecule is C[C@@H]1CC1c1ccc(-c2cccc(C3CCCCC3)c2)c[n+]1C.[2H]C([2H])([2H])c1cccc(-c2cc[n+](C)c(C3C[C@H]3C)c2)c1.[2H]C([2H])([2H])c1cccc(-c2ccc(C3C[C@H]3C)[n+](C)c2)c1.[2H]C([2H])([2H])c1ccccc1-c1cc[n+](C)c(C2C[C@H]2C)c1. The van der Waals surface area contributed by atoms with Gasteiger partial charge in [-0.15, -0.1) is 0 Å². The van der Waals surface area contributed by atoms with Crippen molar-refractivity contribution in [3.05, 3.63) is 215 Å². The first-order valence-electron chi connectivity index (χ1n) is 33.2. The highest BCUT2D eigenvalue weighted by Crippen LogP contribution is 2.48. The first kappa shape index (κ1) is 43.5. The van der Waals surface area contributed by atoms with E-state index in [1.807, 2.05) is 48.7 Å². The van der Waals surface area contributed by atoms with Crippen molar-refractivity contribution in [1.82, 2.24) is 0 Å². The number of benzene rings is 4. The lowest BCUT2D eigenvalue weighted by atomic mass is 9.83. The zero-order valence-electron chi connectivity index (χ0n) is 56.0. The topological polar surface area (TPSA) is 15.5 Å². The molecule has 0 aliphatic heterocycles. The molecule has 0 radical (unpaired) electrons. The van der Waals surface area contributed by atoms with Crippen LogP contribution in [0.15, 0.2) is 170 Å². The van der Waals surface area contributed by atoms with Gasteiger partial charge in [0.1, 0.15) is 28.2 Å². The normalized spacial score (nSPS) is 25.0. The Morgan fingerprint density at radius 2 is 0.818 bits per heavy atom. The van der Waals surface area contributed by atoms with Crippen LogP contribution in [-0.4, -0.2) is 0 Å². The summed E-state index contributed by atoms with van der Waals surface area (Å²) in [6.07, 6.45) is 20.6. The average Bonchev–Trinajstić information content (AvgIpc) is 2.58. The predicted molar refractivity (Wildman–Crippen MR) is 318 cm³/mol. The van der Waals surface area contributed by atoms with Gasteiger partial charge in [0.15, 0.2) is 47.6 Å². The van der Waals surface area contributed by atoms with Gasteiger partial charge in [0.2, 0.25) is 0 Å². The Morgan fingerprint density at radius 3 is 1.31 bits per heavy atom. The van der Waals surface area contributed by atoms with E-state index >= 15 is 0 Å². The molecular formula is C73H88N4+4. The monoisotopic (exact) mass is 1030 g/mol. The van der Waals surface area contributed by atoms with Crippen molar-refractivity contribution in [3.8, 4) is 44.5 Å². The van der Waals surface area contributed by atoms with Crippen LogP contribution in [0.25, 0.3) is 44.5 Å². The van der Waals surface area contributed by atoms with Crippen LogP contribution in [0.3, 0.4) is 0 Å². The number of nitrogens with zero attached hydrogens (tertiary/aromatic N) is 4. The molecule has 4 unspecified atom stereocenters. The zero-order chi connectivity index (χ0) is 61.4. The van der Waals surface area contributed by atoms with Gasteiger partial charge < -0.3 is 0 Å². The molecule has 5 saturated carbocycles. The fourth-order valence-electron chi connectivity index (χ4n) is 12.1. The maximum Gasteiger partial charge on any atom is 0.185 e. The fraction of sp³-hybridized carbons (Fsp3) is 0.397. The summed E-state index contributed by atoms with van der Waals surface area (Å²) in [5.74, 6) is 6.60. The highest BCUT2D eigenvalue weighted by molar-refractivity contribution is 5.67. The van der Waals surface area contributed by atoms with Crippen molar-refractivity contribution in [2.75, 3.05) is 0 Å². The fourth-order valence-corrected chi connectivity index (χ4v) is 12.1. The van der Waals surface area contributed by atoms with E-state index in [0.717, 1.165) is 68.9 Å². The molecule has 4 nitrogen and oxygen atoms in total. The van der Waals surface area contributed by atoms with E-state index in [2.05, 4.69) is 159 Å². The molecule has 8 atom stereocenters. The van der Waals surface area contributed by atoms with Crippen LogP contribution in [0.4, 0.5) is 0 Å². The van der Waals surface area contributed by atoms with E-state index in [0.29, 0.717) is 34.4 Å². The van der Waals surface area contributed by atoms with Gasteiger partial charge in [-0.25, -0.2) is 18.3 Å². The van der Waals surface area contributed by atoms with Gasteiger partial charge in [-0.05, 0) is 145 Å². The molecule has 5 fully saturated rings. The number of hydrogen-bond donors (Lipinski definition) is 0. The number of pyridine rings is 4. The van der Waals surface area contributed by atoms with Crippen LogP contribution >= 0.6 is 0 Å². The molecule has 13 rings (SSSR count). The summed E-state index contributed by atoms with van der Waals surface area (Å²) in [5.41, 5.74) is 16.8. The Bertz CT molecular complexity index is 3690. The molecule has 0 spiro atoms. The van der Waals surface area contributed by atoms with Crippen LogP contribution in [-0.2, 0) is 28.2 Å². The van der Waals surface area contributed by atoms with E-state index in [1.54, 1.807) is 42.0 Å². The quantitative estimate of drug-likeness (QED) is 0.128. The number of rotatable bonds is 9. The summed E-state index contributed by atoms with van der Waals surface area (Å²) in [6, 6.07) is 48.4. The first-order chi connectivity index (χ1) is 40.8. The third kappa shape index (κ3) is 13.3. The Hall–Kier alpha value is -6.52. The minimum atomic E-state index is -2.08. The molecule has 77 heavy (non-hydrogen) atoms. The molecule has 8 aromatic rings. The van der Waals surface area contributed by atoms with Crippen LogP contribution in [0.5, 0.6) is 0 Å². The summed E-state index contributed by atoms with van der Waals surface area (Å²) in [6.45, 7) is 2.97. The predicted octanol–water partition coefficient (Wildman–Crippen LogP) is 16.2. The van der Waals surface area contributed by atoms with Crippen LogP contribution in [0, 0.1) is 44.2 Å². The molecule has 4 heteroatoms. The molecule has 0 N–H and O–H groups in total. The second-order valence-corrected chi connectivity index (χ2v) is 23.8. The summed E-state index contributed by atoms with van der Waals surface area (Å²) in [7, 11) is 8.40. The molecular weight excluding hydrogens is 933 g/mol. The first-order valence-corrected chi connectivity index (χ1v) is 28.7. The molecule has 4 aromatic heterocycles. The molecule has 5 aliphatic rings. The third-order valence-corrected chi connectivity index (χ3v) is 17.6. The van der Waals surface area contributed by atoms with Gasteiger partial charge in [0.25, 0.3) is 0 Å². The van der Waals surface area contributed by atoms with Crippen molar-refractivity contribution >= 4 is 0 Å². The number of aryl methyl sites for hydroxylation is 7. The van der Waals surface area contributed by atoms with Gasteiger partial charge in [0.05, 0.1) is 0 Å². The van der Waals surface area contributed by atoms with Crippen molar-refractivity contribution in [2.24, 2.45) is 51.9 Å². The van der Waals surface area contributed by atoms with E-state index < -0.39 is 20.6 Å². The van der Waals surface area contributed by atoms with E-state index in [1.165, 1.54) is 91.7 Å². The van der Waals surface area contributed by atoms with E-state index in [9.17, 15) is 0 Å². The Morgan fingerprint density at radius 1 is 0.377 bits per heavy atom. The largest absolute Gasteiger partial charge is 0.205 e. The van der Waals surface area contributed by atoms with Crippen LogP contribution < -0.4 is 18.3 Å². The summed E-state index contributed by atoms with van der Waals surface area (Å²) < 4.78 is 77.2. The summed E-state index contributed by atoms with van der Waals surface area (Å²) >= 11 is 0. The average molecular weight is 1030 g/mol. The minimum absolute atomic E-state index is 0.391. The van der Waals surface area contributed by atoms with Crippen LogP contribution in [0.2, 0.25) is 0 Å². The number of hydrogen-bond acceptors (Lipinski definition) is 0. The molecule has 396 valence electrons. The Balaban J connectivity index is 0.000000127. The summed E-state index contributed by atoms with van der Waals surface area (Å²) in [4.78, 5) is 0. The molecule has 4 heterocycles. The summed E-state index contributed by atoms with van der Waals surface area (Å²) in [5, 5.41) is 0. The molecule has 0 saturated heterocycles. The van der Waals surface area contributed by atoms with Crippen LogP contribution in [0.1, 0.15) is 172 Å². The van der Waals surface area contributed by atoms with Gasteiger partial charge in [-0.3, -0.25) is 0 Å². The Kier molecular flexibility index (Phi) is 13.3. The van der Waals surface area contributed by atoms with Crippen molar-refractivity contribution < 1.29 is 30.6 Å². The third-order valence-electron chi connectivity index (χ3n) is 17.6. The maximum atomic E-state index is 7.72. The lowest BCUT2D eigenvalue weighted by Crippen LogP contribution is -2.33. The van der Waals surface area contributed by atoms with Gasteiger partial charge in [-0.1, -0.05) is 155 Å². The second-order valence-electron chi connectivity index (χ2n) is 23.8. The van der Waals surface area contributed by atoms with Gasteiger partial charge >= 0.3 is 0 Å². The van der Waals surface area contributed by atoms with E-state index in [-0.39, 0.29) is 0 Å². The van der Waals surface area contributed by atoms with Crippen molar-refractivity contribution in [2.45, 2.75) is 136 Å². The standard InChI is InChI=1S/C22H28N.3C17H20N/c1-16-13-21(16)22-12-11-20(15-23(22)2)19-10-6-9-18(14-19)17-7-4-3-5-8-17;1-12-5-4-6-14(9-12)15-7-8-18(3)17(11-15)16-10-13(16)2;1-12-5-4-6-14(9-12)15-7-8-17(18(3)11-15)16-10-13(16)2;1-12-6-4-5-7-15(12)14-8-9-18(3)17(11-14)16-10-13(16)2/h6,9-12,14-17,21H,3-5,7-8,13H2,1-2H3;3*4-9,11,13,16H,10H2,1-3H3/q4*+1/t16-,21?;3*13-,16?/m1111/s1/i;3*1D3.